The summed E-state index contributed by atoms with van der Waals surface area (Å²) in [6.07, 6.45) is 3.94. The van der Waals surface area contributed by atoms with Crippen LogP contribution in [0.4, 0.5) is 0 Å². The second-order valence-electron chi connectivity index (χ2n) is 4.61. The SMILES string of the molecule is CCc1ccc(CC(NC)c2ccc(I)cc2)nc1. The Morgan fingerprint density at radius 3 is 2.42 bits per heavy atom. The monoisotopic (exact) mass is 366 g/mol. The van der Waals surface area contributed by atoms with Crippen molar-refractivity contribution >= 4 is 22.6 Å². The Labute approximate surface area is 128 Å². The van der Waals surface area contributed by atoms with Crippen molar-refractivity contribution in [3.63, 3.8) is 0 Å². The van der Waals surface area contributed by atoms with Gasteiger partial charge < -0.3 is 5.32 Å². The van der Waals surface area contributed by atoms with Gasteiger partial charge in [-0.15, -0.1) is 0 Å². The smallest absolute Gasteiger partial charge is 0.0422 e. The molecule has 2 aromatic rings. The maximum Gasteiger partial charge on any atom is 0.0422 e. The number of hydrogen-bond donors (Lipinski definition) is 1. The van der Waals surface area contributed by atoms with Crippen molar-refractivity contribution in [2.45, 2.75) is 25.8 Å². The average Bonchev–Trinajstić information content (AvgIpc) is 2.46. The van der Waals surface area contributed by atoms with Crippen LogP contribution in [-0.4, -0.2) is 12.0 Å². The Bertz CT molecular complexity index is 505. The molecule has 1 N–H and O–H groups in total. The lowest BCUT2D eigenvalue weighted by Crippen LogP contribution is -2.19. The molecule has 0 radical (unpaired) electrons. The minimum Gasteiger partial charge on any atom is -0.313 e. The number of hydrogen-bond acceptors (Lipinski definition) is 2. The Morgan fingerprint density at radius 1 is 1.16 bits per heavy atom. The Hall–Kier alpha value is -0.940. The molecule has 0 aliphatic carbocycles. The van der Waals surface area contributed by atoms with Gasteiger partial charge in [-0.3, -0.25) is 4.98 Å². The van der Waals surface area contributed by atoms with Crippen LogP contribution in [0.5, 0.6) is 0 Å². The fraction of sp³-hybridized carbons (Fsp3) is 0.312. The number of aromatic nitrogens is 1. The van der Waals surface area contributed by atoms with E-state index < -0.39 is 0 Å². The Kier molecular flexibility index (Phi) is 5.34. The number of nitrogens with zero attached hydrogens (tertiary/aromatic N) is 1. The summed E-state index contributed by atoms with van der Waals surface area (Å²) in [5.41, 5.74) is 3.73. The first-order valence-corrected chi connectivity index (χ1v) is 7.67. The molecule has 2 nitrogen and oxygen atoms in total. The van der Waals surface area contributed by atoms with E-state index in [4.69, 9.17) is 0 Å². The number of likely N-dealkylation sites (N-methyl/N-ethyl adjacent to an activating group) is 1. The van der Waals surface area contributed by atoms with Crippen LogP contribution in [0.15, 0.2) is 42.6 Å². The van der Waals surface area contributed by atoms with Crippen molar-refractivity contribution in [2.24, 2.45) is 0 Å². The van der Waals surface area contributed by atoms with Crippen LogP contribution in [0.2, 0.25) is 0 Å². The van der Waals surface area contributed by atoms with Crippen molar-refractivity contribution in [3.05, 3.63) is 63.0 Å². The van der Waals surface area contributed by atoms with Gasteiger partial charge >= 0.3 is 0 Å². The second-order valence-corrected chi connectivity index (χ2v) is 5.85. The standard InChI is InChI=1S/C16H19IN2/c1-3-12-4-9-15(19-11-12)10-16(18-2)13-5-7-14(17)8-6-13/h4-9,11,16,18H,3,10H2,1-2H3. The molecule has 2 rings (SSSR count). The van der Waals surface area contributed by atoms with E-state index in [2.05, 4.69) is 76.2 Å². The minimum atomic E-state index is 0.317. The van der Waals surface area contributed by atoms with Crippen LogP contribution in [0.3, 0.4) is 0 Å². The van der Waals surface area contributed by atoms with Gasteiger partial charge in [-0.1, -0.05) is 25.1 Å². The Balaban J connectivity index is 2.11. The third kappa shape index (κ3) is 4.01. The predicted octanol–water partition coefficient (Wildman–Crippen LogP) is 3.75. The number of aryl methyl sites for hydroxylation is 1. The minimum absolute atomic E-state index is 0.317. The first kappa shape index (κ1) is 14.5. The van der Waals surface area contributed by atoms with E-state index in [9.17, 15) is 0 Å². The van der Waals surface area contributed by atoms with E-state index in [1.54, 1.807) is 0 Å². The van der Waals surface area contributed by atoms with E-state index in [1.165, 1.54) is 14.7 Å². The summed E-state index contributed by atoms with van der Waals surface area (Å²) in [4.78, 5) is 4.54. The van der Waals surface area contributed by atoms with Crippen molar-refractivity contribution in [1.29, 1.82) is 0 Å². The molecule has 0 amide bonds. The van der Waals surface area contributed by atoms with Crippen LogP contribution in [0.25, 0.3) is 0 Å². The molecule has 1 unspecified atom stereocenters. The quantitative estimate of drug-likeness (QED) is 0.816. The summed E-state index contributed by atoms with van der Waals surface area (Å²) < 4.78 is 1.27. The lowest BCUT2D eigenvalue weighted by atomic mass is 10.0. The zero-order chi connectivity index (χ0) is 13.7. The number of nitrogens with one attached hydrogen (secondary N) is 1. The molecule has 1 atom stereocenters. The predicted molar refractivity (Wildman–Crippen MR) is 88.3 cm³/mol. The van der Waals surface area contributed by atoms with E-state index in [-0.39, 0.29) is 0 Å². The summed E-state index contributed by atoms with van der Waals surface area (Å²) in [7, 11) is 2.00. The Morgan fingerprint density at radius 2 is 1.89 bits per heavy atom. The van der Waals surface area contributed by atoms with Gasteiger partial charge in [0.1, 0.15) is 0 Å². The van der Waals surface area contributed by atoms with Gasteiger partial charge in [0.2, 0.25) is 0 Å². The maximum absolute atomic E-state index is 4.54. The van der Waals surface area contributed by atoms with Crippen LogP contribution in [0.1, 0.15) is 29.8 Å². The number of halogens is 1. The van der Waals surface area contributed by atoms with Gasteiger partial charge in [0.25, 0.3) is 0 Å². The zero-order valence-electron chi connectivity index (χ0n) is 11.4. The fourth-order valence-electron chi connectivity index (χ4n) is 2.08. The van der Waals surface area contributed by atoms with Crippen LogP contribution in [0, 0.1) is 3.57 Å². The normalized spacial score (nSPS) is 12.4. The molecule has 0 aliphatic rings. The lowest BCUT2D eigenvalue weighted by molar-refractivity contribution is 0.584. The fourth-order valence-corrected chi connectivity index (χ4v) is 2.44. The van der Waals surface area contributed by atoms with E-state index in [0.717, 1.165) is 18.5 Å². The topological polar surface area (TPSA) is 24.9 Å². The molecule has 0 fully saturated rings. The van der Waals surface area contributed by atoms with Gasteiger partial charge in [-0.2, -0.15) is 0 Å². The van der Waals surface area contributed by atoms with Gasteiger partial charge in [0.05, 0.1) is 0 Å². The summed E-state index contributed by atoms with van der Waals surface area (Å²) in [5, 5.41) is 3.37. The van der Waals surface area contributed by atoms with E-state index in [1.807, 2.05) is 13.2 Å². The molecule has 0 saturated carbocycles. The van der Waals surface area contributed by atoms with Crippen molar-refractivity contribution < 1.29 is 0 Å². The van der Waals surface area contributed by atoms with Crippen LogP contribution >= 0.6 is 22.6 Å². The zero-order valence-corrected chi connectivity index (χ0v) is 13.5. The summed E-state index contributed by atoms with van der Waals surface area (Å²) in [6, 6.07) is 13.3. The van der Waals surface area contributed by atoms with Gasteiger partial charge in [-0.05, 0) is 65.4 Å². The van der Waals surface area contributed by atoms with Crippen molar-refractivity contribution in [2.75, 3.05) is 7.05 Å². The third-order valence-corrected chi connectivity index (χ3v) is 4.05. The first-order chi connectivity index (χ1) is 9.22. The molecule has 100 valence electrons. The number of benzene rings is 1. The second kappa shape index (κ2) is 7.01. The number of pyridine rings is 1. The van der Waals surface area contributed by atoms with Gasteiger partial charge in [0, 0.05) is 27.9 Å². The van der Waals surface area contributed by atoms with Gasteiger partial charge in [0.15, 0.2) is 0 Å². The van der Waals surface area contributed by atoms with Crippen LogP contribution in [-0.2, 0) is 12.8 Å². The molecular formula is C16H19IN2. The maximum atomic E-state index is 4.54. The van der Waals surface area contributed by atoms with Crippen LogP contribution < -0.4 is 5.32 Å². The largest absolute Gasteiger partial charge is 0.313 e. The lowest BCUT2D eigenvalue weighted by Gasteiger charge is -2.16. The average molecular weight is 366 g/mol. The highest BCUT2D eigenvalue weighted by molar-refractivity contribution is 14.1. The van der Waals surface area contributed by atoms with Gasteiger partial charge in [-0.25, -0.2) is 0 Å². The highest BCUT2D eigenvalue weighted by Gasteiger charge is 2.10. The van der Waals surface area contributed by atoms with E-state index in [0.29, 0.717) is 6.04 Å². The highest BCUT2D eigenvalue weighted by Crippen LogP contribution is 2.18. The molecule has 1 heterocycles. The molecule has 3 heteroatoms. The molecule has 1 aromatic carbocycles. The summed E-state index contributed by atoms with van der Waals surface area (Å²) in [6.45, 7) is 2.15. The summed E-state index contributed by atoms with van der Waals surface area (Å²) >= 11 is 2.33. The van der Waals surface area contributed by atoms with E-state index >= 15 is 0 Å². The molecule has 0 spiro atoms. The molecule has 0 aliphatic heterocycles. The summed E-state index contributed by atoms with van der Waals surface area (Å²) in [5.74, 6) is 0. The first-order valence-electron chi connectivity index (χ1n) is 6.59. The molecule has 0 saturated heterocycles. The highest BCUT2D eigenvalue weighted by atomic mass is 127. The number of rotatable bonds is 5. The van der Waals surface area contributed by atoms with Crippen molar-refractivity contribution in [1.82, 2.24) is 10.3 Å². The molecule has 19 heavy (non-hydrogen) atoms. The molecular weight excluding hydrogens is 347 g/mol. The molecule has 1 aromatic heterocycles. The van der Waals surface area contributed by atoms with Crippen molar-refractivity contribution in [3.8, 4) is 0 Å². The molecule has 0 bridgehead atoms. The third-order valence-electron chi connectivity index (χ3n) is 3.33.